The number of hydrogen-bond acceptors (Lipinski definition) is 5. The van der Waals surface area contributed by atoms with Crippen LogP contribution in [0.3, 0.4) is 0 Å². The van der Waals surface area contributed by atoms with Crippen molar-refractivity contribution < 1.29 is 19.1 Å². The van der Waals surface area contributed by atoms with E-state index in [0.717, 1.165) is 21.7 Å². The number of nitrogens with zero attached hydrogens (tertiary/aromatic N) is 2. The van der Waals surface area contributed by atoms with Gasteiger partial charge in [-0.25, -0.2) is 9.78 Å². The lowest BCUT2D eigenvalue weighted by Crippen LogP contribution is -2.49. The number of carbonyl (C=O) groups is 2. The third-order valence-corrected chi connectivity index (χ3v) is 5.45. The molecule has 0 bridgehead atoms. The summed E-state index contributed by atoms with van der Waals surface area (Å²) in [5.74, 6) is -1.21. The van der Waals surface area contributed by atoms with Crippen molar-refractivity contribution in [3.63, 3.8) is 0 Å². The molecule has 3 aromatic rings. The van der Waals surface area contributed by atoms with Gasteiger partial charge in [-0.2, -0.15) is 0 Å². The number of fused-ring (bicyclic) bond motifs is 1. The van der Waals surface area contributed by atoms with Crippen LogP contribution in [0, 0.1) is 0 Å². The van der Waals surface area contributed by atoms with Crippen LogP contribution in [0.1, 0.15) is 16.8 Å². The van der Waals surface area contributed by atoms with Crippen LogP contribution in [0.15, 0.2) is 52.7 Å². The number of aromatic nitrogens is 1. The van der Waals surface area contributed by atoms with Crippen molar-refractivity contribution in [1.29, 1.82) is 0 Å². The van der Waals surface area contributed by atoms with E-state index in [1.54, 1.807) is 12.5 Å². The van der Waals surface area contributed by atoms with Gasteiger partial charge < -0.3 is 14.4 Å². The van der Waals surface area contributed by atoms with E-state index in [2.05, 4.69) is 4.98 Å². The van der Waals surface area contributed by atoms with Gasteiger partial charge in [-0.3, -0.25) is 4.79 Å². The molecule has 0 saturated heterocycles. The summed E-state index contributed by atoms with van der Waals surface area (Å²) in [4.78, 5) is 30.4. The Morgan fingerprint density at radius 1 is 1.27 bits per heavy atom. The average Bonchev–Trinajstić information content (AvgIpc) is 3.32. The molecular weight excluding hydrogens is 352 g/mol. The van der Waals surface area contributed by atoms with Crippen LogP contribution in [0.25, 0.3) is 10.6 Å². The lowest BCUT2D eigenvalue weighted by atomic mass is 9.93. The lowest BCUT2D eigenvalue weighted by molar-refractivity contribution is -0.151. The number of thiazole rings is 1. The summed E-state index contributed by atoms with van der Waals surface area (Å²) in [6.45, 7) is 0.310. The highest BCUT2D eigenvalue weighted by molar-refractivity contribution is 7.13. The van der Waals surface area contributed by atoms with Crippen molar-refractivity contribution in [1.82, 2.24) is 9.88 Å². The first-order chi connectivity index (χ1) is 12.6. The molecule has 0 saturated carbocycles. The second-order valence-corrected chi connectivity index (χ2v) is 7.04. The average molecular weight is 368 g/mol. The zero-order valence-corrected chi connectivity index (χ0v) is 14.6. The summed E-state index contributed by atoms with van der Waals surface area (Å²) in [5, 5.41) is 12.2. The van der Waals surface area contributed by atoms with Crippen molar-refractivity contribution in [2.24, 2.45) is 0 Å². The van der Waals surface area contributed by atoms with Gasteiger partial charge in [0, 0.05) is 23.9 Å². The van der Waals surface area contributed by atoms with Gasteiger partial charge in [0.15, 0.2) is 0 Å². The van der Waals surface area contributed by atoms with Gasteiger partial charge in [-0.1, -0.05) is 24.3 Å². The maximum Gasteiger partial charge on any atom is 0.326 e. The zero-order chi connectivity index (χ0) is 18.1. The highest BCUT2D eigenvalue weighted by atomic mass is 32.1. The third-order valence-electron chi connectivity index (χ3n) is 4.51. The third kappa shape index (κ3) is 3.13. The van der Waals surface area contributed by atoms with Gasteiger partial charge in [-0.05, 0) is 17.2 Å². The Morgan fingerprint density at radius 3 is 2.81 bits per heavy atom. The fraction of sp³-hybridized carbons (Fsp3) is 0.211. The minimum absolute atomic E-state index is 0.0836. The molecule has 0 radical (unpaired) electrons. The molecule has 6 nitrogen and oxygen atoms in total. The summed E-state index contributed by atoms with van der Waals surface area (Å²) < 4.78 is 5.05. The maximum atomic E-state index is 12.8. The Bertz CT molecular complexity index is 948. The van der Waals surface area contributed by atoms with E-state index in [9.17, 15) is 14.7 Å². The normalized spacial score (nSPS) is 16.3. The molecule has 1 aromatic carbocycles. The zero-order valence-electron chi connectivity index (χ0n) is 13.8. The quantitative estimate of drug-likeness (QED) is 0.765. The number of amides is 1. The largest absolute Gasteiger partial charge is 0.480 e. The molecule has 0 fully saturated rings. The number of carboxylic acids is 1. The topological polar surface area (TPSA) is 83.6 Å². The van der Waals surface area contributed by atoms with Gasteiger partial charge in [0.05, 0.1) is 18.4 Å². The molecule has 2 aromatic heterocycles. The molecular formula is C19H16N2O4S. The van der Waals surface area contributed by atoms with Gasteiger partial charge in [0.2, 0.25) is 5.91 Å². The molecule has 0 spiro atoms. The minimum Gasteiger partial charge on any atom is -0.480 e. The first-order valence-corrected chi connectivity index (χ1v) is 9.06. The summed E-state index contributed by atoms with van der Waals surface area (Å²) in [6.07, 6.45) is 3.59. The van der Waals surface area contributed by atoms with Crippen LogP contribution in [-0.2, 0) is 29.0 Å². The van der Waals surface area contributed by atoms with E-state index in [0.29, 0.717) is 18.7 Å². The lowest BCUT2D eigenvalue weighted by Gasteiger charge is -2.34. The molecule has 1 aliphatic rings. The number of rotatable bonds is 4. The van der Waals surface area contributed by atoms with Gasteiger partial charge in [-0.15, -0.1) is 11.3 Å². The van der Waals surface area contributed by atoms with E-state index in [1.165, 1.54) is 16.2 Å². The van der Waals surface area contributed by atoms with E-state index < -0.39 is 12.0 Å². The number of aliphatic carboxylic acids is 1. The van der Waals surface area contributed by atoms with Crippen molar-refractivity contribution in [3.05, 3.63) is 65.1 Å². The fourth-order valence-corrected chi connectivity index (χ4v) is 3.98. The molecule has 7 heteroatoms. The van der Waals surface area contributed by atoms with E-state index >= 15 is 0 Å². The Morgan fingerprint density at radius 2 is 2.08 bits per heavy atom. The van der Waals surface area contributed by atoms with Crippen LogP contribution in [0.2, 0.25) is 0 Å². The van der Waals surface area contributed by atoms with Crippen LogP contribution in [0.5, 0.6) is 0 Å². The molecule has 1 atom stereocenters. The Kier molecular flexibility index (Phi) is 4.30. The standard InChI is InChI=1S/C19H16N2O4S/c22-17(8-15-11-26-18(20-15)14-5-6-25-10-14)21-9-13-4-2-1-3-12(13)7-16(21)19(23)24/h1-6,10-11,16H,7-9H2,(H,23,24). The summed E-state index contributed by atoms with van der Waals surface area (Å²) in [6, 6.07) is 8.62. The van der Waals surface area contributed by atoms with Gasteiger partial charge in [0.25, 0.3) is 0 Å². The van der Waals surface area contributed by atoms with E-state index in [1.807, 2.05) is 35.7 Å². The van der Waals surface area contributed by atoms with Crippen molar-refractivity contribution in [2.75, 3.05) is 0 Å². The second kappa shape index (κ2) is 6.76. The van der Waals surface area contributed by atoms with Crippen molar-refractivity contribution in [2.45, 2.75) is 25.4 Å². The molecule has 1 amide bonds. The minimum atomic E-state index is -0.981. The van der Waals surface area contributed by atoms with Gasteiger partial charge >= 0.3 is 5.97 Å². The van der Waals surface area contributed by atoms with Crippen molar-refractivity contribution in [3.8, 4) is 10.6 Å². The van der Waals surface area contributed by atoms with E-state index in [-0.39, 0.29) is 12.3 Å². The SMILES string of the molecule is O=C(O)C1Cc2ccccc2CN1C(=O)Cc1csc(-c2ccoc2)n1. The predicted molar refractivity (Wildman–Crippen MR) is 95.6 cm³/mol. The van der Waals surface area contributed by atoms with Crippen LogP contribution in [-0.4, -0.2) is 32.9 Å². The van der Waals surface area contributed by atoms with Crippen molar-refractivity contribution >= 4 is 23.2 Å². The fourth-order valence-electron chi connectivity index (χ4n) is 3.17. The highest BCUT2D eigenvalue weighted by Gasteiger charge is 2.34. The molecule has 4 rings (SSSR count). The molecule has 1 aliphatic heterocycles. The number of carboxylic acid groups (broad SMARTS) is 1. The number of benzene rings is 1. The van der Waals surface area contributed by atoms with Crippen LogP contribution < -0.4 is 0 Å². The first kappa shape index (κ1) is 16.5. The Hall–Kier alpha value is -2.93. The Labute approximate surface area is 153 Å². The number of furan rings is 1. The van der Waals surface area contributed by atoms with Crippen LogP contribution >= 0.6 is 11.3 Å². The number of hydrogen-bond donors (Lipinski definition) is 1. The van der Waals surface area contributed by atoms with Gasteiger partial charge in [0.1, 0.15) is 17.3 Å². The number of carbonyl (C=O) groups excluding carboxylic acids is 1. The second-order valence-electron chi connectivity index (χ2n) is 6.18. The summed E-state index contributed by atoms with van der Waals surface area (Å²) in [7, 11) is 0. The molecule has 132 valence electrons. The van der Waals surface area contributed by atoms with Crippen LogP contribution in [0.4, 0.5) is 0 Å². The smallest absolute Gasteiger partial charge is 0.326 e. The summed E-state index contributed by atoms with van der Waals surface area (Å²) >= 11 is 1.43. The van der Waals surface area contributed by atoms with E-state index in [4.69, 9.17) is 4.42 Å². The predicted octanol–water partition coefficient (Wildman–Crippen LogP) is 2.98. The monoisotopic (exact) mass is 368 g/mol. The molecule has 1 unspecified atom stereocenters. The molecule has 1 N–H and O–H groups in total. The highest BCUT2D eigenvalue weighted by Crippen LogP contribution is 2.26. The Balaban J connectivity index is 1.54. The maximum absolute atomic E-state index is 12.8. The first-order valence-electron chi connectivity index (χ1n) is 8.18. The molecule has 3 heterocycles. The summed E-state index contributed by atoms with van der Waals surface area (Å²) in [5.41, 5.74) is 3.48. The molecule has 26 heavy (non-hydrogen) atoms. The molecule has 0 aliphatic carbocycles.